The lowest BCUT2D eigenvalue weighted by molar-refractivity contribution is -0.118. The number of fused-ring (bicyclic) bond motifs is 3. The van der Waals surface area contributed by atoms with E-state index in [2.05, 4.69) is 47.1 Å². The molecule has 4 aromatic rings. The van der Waals surface area contributed by atoms with E-state index in [-0.39, 0.29) is 12.5 Å². The summed E-state index contributed by atoms with van der Waals surface area (Å²) in [5.41, 5.74) is 5.40. The minimum absolute atomic E-state index is 0.0162. The normalized spacial score (nSPS) is 11.1. The molecule has 1 N–H and O–H groups in total. The first-order chi connectivity index (χ1) is 13.5. The van der Waals surface area contributed by atoms with Gasteiger partial charge in [-0.05, 0) is 68.3 Å². The fourth-order valence-corrected chi connectivity index (χ4v) is 3.83. The van der Waals surface area contributed by atoms with Crippen molar-refractivity contribution in [2.24, 2.45) is 0 Å². The zero-order valence-electron chi connectivity index (χ0n) is 16.5. The summed E-state index contributed by atoms with van der Waals surface area (Å²) in [6.45, 7) is 7.06. The first kappa shape index (κ1) is 18.1. The highest BCUT2D eigenvalue weighted by atomic mass is 16.5. The number of rotatable bonds is 5. The van der Waals surface area contributed by atoms with Crippen LogP contribution < -0.4 is 10.1 Å². The van der Waals surface area contributed by atoms with Gasteiger partial charge in [-0.25, -0.2) is 0 Å². The van der Waals surface area contributed by atoms with Crippen LogP contribution in [-0.2, 0) is 11.3 Å². The third-order valence-electron chi connectivity index (χ3n) is 4.94. The summed E-state index contributed by atoms with van der Waals surface area (Å²) in [5, 5.41) is 5.29. The number of para-hydroxylation sites is 1. The van der Waals surface area contributed by atoms with Crippen molar-refractivity contribution >= 4 is 33.4 Å². The molecule has 1 aromatic heterocycles. The Hall–Kier alpha value is -3.27. The molecule has 4 heteroatoms. The molecule has 28 heavy (non-hydrogen) atoms. The monoisotopic (exact) mass is 372 g/mol. The number of carbonyl (C=O) groups excluding carboxylic acids is 1. The molecule has 0 aliphatic carbocycles. The number of ether oxygens (including phenoxy) is 1. The minimum Gasteiger partial charge on any atom is -0.484 e. The second-order valence-corrected chi connectivity index (χ2v) is 7.15. The standard InChI is InChI=1S/C24H24N2O2/c1-4-26-22-8-6-5-7-20(22)21-14-18(9-10-23(21)26)25-24(27)15-28-19-12-16(2)11-17(3)13-19/h5-14H,4,15H2,1-3H3,(H,25,27). The van der Waals surface area contributed by atoms with Gasteiger partial charge in [0.05, 0.1) is 0 Å². The molecule has 4 nitrogen and oxygen atoms in total. The van der Waals surface area contributed by atoms with Crippen molar-refractivity contribution in [1.29, 1.82) is 0 Å². The highest BCUT2D eigenvalue weighted by Crippen LogP contribution is 2.31. The van der Waals surface area contributed by atoms with Gasteiger partial charge in [0.25, 0.3) is 5.91 Å². The van der Waals surface area contributed by atoms with Gasteiger partial charge in [0.2, 0.25) is 0 Å². The Balaban J connectivity index is 1.54. The summed E-state index contributed by atoms with van der Waals surface area (Å²) in [6, 6.07) is 20.4. The van der Waals surface area contributed by atoms with Gasteiger partial charge in [0.1, 0.15) is 5.75 Å². The highest BCUT2D eigenvalue weighted by molar-refractivity contribution is 6.09. The Bertz CT molecular complexity index is 1150. The number of benzene rings is 3. The summed E-state index contributed by atoms with van der Waals surface area (Å²) in [7, 11) is 0. The van der Waals surface area contributed by atoms with Crippen LogP contribution in [0.25, 0.3) is 21.8 Å². The molecular formula is C24H24N2O2. The van der Waals surface area contributed by atoms with Gasteiger partial charge in [-0.15, -0.1) is 0 Å². The molecule has 0 atom stereocenters. The Labute approximate surface area is 164 Å². The van der Waals surface area contributed by atoms with Crippen LogP contribution in [0.2, 0.25) is 0 Å². The molecule has 3 aromatic carbocycles. The number of carbonyl (C=O) groups is 1. The quantitative estimate of drug-likeness (QED) is 0.506. The van der Waals surface area contributed by atoms with E-state index in [0.717, 1.165) is 28.7 Å². The Morgan fingerprint density at radius 2 is 1.64 bits per heavy atom. The SMILES string of the molecule is CCn1c2ccccc2c2cc(NC(=O)COc3cc(C)cc(C)c3)ccc21. The van der Waals surface area contributed by atoms with Crippen molar-refractivity contribution in [3.63, 3.8) is 0 Å². The topological polar surface area (TPSA) is 43.3 Å². The van der Waals surface area contributed by atoms with Crippen molar-refractivity contribution < 1.29 is 9.53 Å². The van der Waals surface area contributed by atoms with E-state index in [1.165, 1.54) is 16.4 Å². The Kier molecular flexibility index (Phi) is 4.78. The van der Waals surface area contributed by atoms with E-state index in [9.17, 15) is 4.79 Å². The number of hydrogen-bond donors (Lipinski definition) is 1. The highest BCUT2D eigenvalue weighted by Gasteiger charge is 2.11. The molecule has 142 valence electrons. The number of nitrogens with zero attached hydrogens (tertiary/aromatic N) is 1. The van der Waals surface area contributed by atoms with Crippen LogP contribution in [0.4, 0.5) is 5.69 Å². The molecule has 0 fully saturated rings. The van der Waals surface area contributed by atoms with Crippen molar-refractivity contribution in [2.75, 3.05) is 11.9 Å². The lowest BCUT2D eigenvalue weighted by Crippen LogP contribution is -2.20. The van der Waals surface area contributed by atoms with Crippen molar-refractivity contribution in [2.45, 2.75) is 27.3 Å². The molecule has 4 rings (SSSR count). The molecule has 0 aliphatic rings. The maximum atomic E-state index is 12.4. The fraction of sp³-hybridized carbons (Fsp3) is 0.208. The van der Waals surface area contributed by atoms with Crippen LogP contribution in [0.5, 0.6) is 5.75 Å². The number of aromatic nitrogens is 1. The number of aryl methyl sites for hydroxylation is 3. The maximum absolute atomic E-state index is 12.4. The van der Waals surface area contributed by atoms with Gasteiger partial charge in [0.15, 0.2) is 6.61 Å². The zero-order chi connectivity index (χ0) is 19.7. The van der Waals surface area contributed by atoms with Gasteiger partial charge in [0, 0.05) is 34.0 Å². The number of anilines is 1. The first-order valence-corrected chi connectivity index (χ1v) is 9.57. The average molecular weight is 372 g/mol. The largest absolute Gasteiger partial charge is 0.484 e. The molecule has 1 amide bonds. The third-order valence-corrected chi connectivity index (χ3v) is 4.94. The summed E-state index contributed by atoms with van der Waals surface area (Å²) in [5.74, 6) is 0.548. The third kappa shape index (κ3) is 3.46. The van der Waals surface area contributed by atoms with E-state index in [0.29, 0.717) is 5.75 Å². The van der Waals surface area contributed by atoms with Crippen LogP contribution in [0.15, 0.2) is 60.7 Å². The van der Waals surface area contributed by atoms with Crippen LogP contribution in [0, 0.1) is 13.8 Å². The van der Waals surface area contributed by atoms with E-state index in [1.807, 2.05) is 44.2 Å². The molecule has 0 radical (unpaired) electrons. The van der Waals surface area contributed by atoms with Gasteiger partial charge in [-0.3, -0.25) is 4.79 Å². The van der Waals surface area contributed by atoms with Crippen LogP contribution >= 0.6 is 0 Å². The van der Waals surface area contributed by atoms with E-state index >= 15 is 0 Å². The smallest absolute Gasteiger partial charge is 0.262 e. The Morgan fingerprint density at radius 3 is 2.39 bits per heavy atom. The number of nitrogens with one attached hydrogen (secondary N) is 1. The molecule has 0 unspecified atom stereocenters. The van der Waals surface area contributed by atoms with Crippen molar-refractivity contribution in [3.8, 4) is 5.75 Å². The van der Waals surface area contributed by atoms with Crippen LogP contribution in [0.3, 0.4) is 0 Å². The molecule has 0 bridgehead atoms. The summed E-state index contributed by atoms with van der Waals surface area (Å²) in [6.07, 6.45) is 0. The molecule has 0 spiro atoms. The lowest BCUT2D eigenvalue weighted by Gasteiger charge is -2.09. The minimum atomic E-state index is -0.169. The fourth-order valence-electron chi connectivity index (χ4n) is 3.83. The zero-order valence-corrected chi connectivity index (χ0v) is 16.5. The van der Waals surface area contributed by atoms with Gasteiger partial charge >= 0.3 is 0 Å². The summed E-state index contributed by atoms with van der Waals surface area (Å²) >= 11 is 0. The second kappa shape index (κ2) is 7.39. The average Bonchev–Trinajstić information content (AvgIpc) is 2.99. The lowest BCUT2D eigenvalue weighted by atomic mass is 10.1. The molecule has 0 aliphatic heterocycles. The van der Waals surface area contributed by atoms with Crippen LogP contribution in [-0.4, -0.2) is 17.1 Å². The number of amides is 1. The van der Waals surface area contributed by atoms with Crippen LogP contribution in [0.1, 0.15) is 18.1 Å². The van der Waals surface area contributed by atoms with Gasteiger partial charge < -0.3 is 14.6 Å². The summed E-state index contributed by atoms with van der Waals surface area (Å²) in [4.78, 5) is 12.4. The van der Waals surface area contributed by atoms with E-state index < -0.39 is 0 Å². The molecule has 0 saturated carbocycles. The van der Waals surface area contributed by atoms with Crippen molar-refractivity contribution in [3.05, 3.63) is 71.8 Å². The molecule has 0 saturated heterocycles. The van der Waals surface area contributed by atoms with E-state index in [4.69, 9.17) is 4.74 Å². The predicted octanol–water partition coefficient (Wildman–Crippen LogP) is 5.45. The molecule has 1 heterocycles. The molecular weight excluding hydrogens is 348 g/mol. The first-order valence-electron chi connectivity index (χ1n) is 9.57. The number of hydrogen-bond acceptors (Lipinski definition) is 2. The summed E-state index contributed by atoms with van der Waals surface area (Å²) < 4.78 is 7.96. The predicted molar refractivity (Wildman–Crippen MR) is 115 cm³/mol. The van der Waals surface area contributed by atoms with E-state index in [1.54, 1.807) is 0 Å². The second-order valence-electron chi connectivity index (χ2n) is 7.15. The van der Waals surface area contributed by atoms with Crippen molar-refractivity contribution in [1.82, 2.24) is 4.57 Å². The van der Waals surface area contributed by atoms with Gasteiger partial charge in [-0.2, -0.15) is 0 Å². The van der Waals surface area contributed by atoms with Gasteiger partial charge in [-0.1, -0.05) is 24.3 Å². The maximum Gasteiger partial charge on any atom is 0.262 e. The Morgan fingerprint density at radius 1 is 0.929 bits per heavy atom.